The highest BCUT2D eigenvalue weighted by molar-refractivity contribution is 5.91. The number of esters is 2. The zero-order chi connectivity index (χ0) is 31.9. The third kappa shape index (κ3) is 5.41. The number of para-hydroxylation sites is 2. The van der Waals surface area contributed by atoms with Crippen molar-refractivity contribution in [3.63, 3.8) is 0 Å². The second kappa shape index (κ2) is 12.3. The molecule has 3 aliphatic heterocycles. The van der Waals surface area contributed by atoms with Crippen LogP contribution in [0.2, 0.25) is 0 Å². The third-order valence-electron chi connectivity index (χ3n) is 9.78. The van der Waals surface area contributed by atoms with Gasteiger partial charge in [0.25, 0.3) is 0 Å². The molecule has 0 radical (unpaired) electrons. The Morgan fingerprint density at radius 2 is 1.04 bits per heavy atom. The van der Waals surface area contributed by atoms with Crippen LogP contribution in [0.25, 0.3) is 21.8 Å². The van der Waals surface area contributed by atoms with E-state index in [0.717, 1.165) is 44.3 Å². The first kappa shape index (κ1) is 30.0. The summed E-state index contributed by atoms with van der Waals surface area (Å²) in [5.41, 5.74) is 5.97. The van der Waals surface area contributed by atoms with Gasteiger partial charge in [-0.15, -0.1) is 0 Å². The standard InChI is InChI=1S/C34H38N6O6/c1-45-33(43)29-15-23-21-7-3-5-9-25(21)35-27(23)17-39(29)31(41)19-37-11-13-38(14-12-37)20-32(42)40-18-28-24(16-30(40)34(44)46-2)22-8-4-6-10-26(22)36-28/h3-10,29-30,35-36H,11-20H2,1-2H3. The number of rotatable bonds is 6. The molecule has 2 atom stereocenters. The molecule has 2 aromatic carbocycles. The fraction of sp³-hybridized carbons (Fsp3) is 0.412. The molecule has 12 heteroatoms. The van der Waals surface area contributed by atoms with Crippen LogP contribution in [0, 0.1) is 0 Å². The summed E-state index contributed by atoms with van der Waals surface area (Å²) < 4.78 is 10.2. The minimum absolute atomic E-state index is 0.132. The summed E-state index contributed by atoms with van der Waals surface area (Å²) in [5.74, 6) is -1.11. The molecule has 2 amide bonds. The van der Waals surface area contributed by atoms with Crippen LogP contribution in [0.4, 0.5) is 0 Å². The predicted octanol–water partition coefficient (Wildman–Crippen LogP) is 1.82. The van der Waals surface area contributed by atoms with Crippen LogP contribution in [-0.4, -0.2) is 119 Å². The van der Waals surface area contributed by atoms with Gasteiger partial charge in [0, 0.05) is 72.2 Å². The first-order chi connectivity index (χ1) is 22.3. The SMILES string of the molecule is COC(=O)C1Cc2c([nH]c3ccccc23)CN1C(=O)CN1CCN(CC(=O)N2Cc3[nH]c4ccccc4c3CC2C(=O)OC)CC1. The summed E-state index contributed by atoms with van der Waals surface area (Å²) in [6.45, 7) is 3.35. The lowest BCUT2D eigenvalue weighted by Gasteiger charge is -2.39. The summed E-state index contributed by atoms with van der Waals surface area (Å²) in [6.07, 6.45) is 0.799. The van der Waals surface area contributed by atoms with E-state index in [1.54, 1.807) is 9.80 Å². The number of aromatic nitrogens is 2. The van der Waals surface area contributed by atoms with Gasteiger partial charge < -0.3 is 29.2 Å². The van der Waals surface area contributed by atoms with Crippen molar-refractivity contribution in [2.75, 3.05) is 53.5 Å². The van der Waals surface area contributed by atoms with E-state index in [9.17, 15) is 19.2 Å². The molecule has 5 heterocycles. The summed E-state index contributed by atoms with van der Waals surface area (Å²) in [4.78, 5) is 67.1. The quantitative estimate of drug-likeness (QED) is 0.310. The van der Waals surface area contributed by atoms with Crippen molar-refractivity contribution in [3.05, 3.63) is 71.0 Å². The number of hydrogen-bond acceptors (Lipinski definition) is 8. The van der Waals surface area contributed by atoms with E-state index < -0.39 is 24.0 Å². The van der Waals surface area contributed by atoms with Gasteiger partial charge in [0.05, 0.1) is 40.4 Å². The molecule has 240 valence electrons. The number of nitrogens with zero attached hydrogens (tertiary/aromatic N) is 4. The first-order valence-corrected chi connectivity index (χ1v) is 15.7. The van der Waals surface area contributed by atoms with Gasteiger partial charge >= 0.3 is 11.9 Å². The highest BCUT2D eigenvalue weighted by Gasteiger charge is 2.39. The van der Waals surface area contributed by atoms with E-state index in [0.29, 0.717) is 52.1 Å². The van der Waals surface area contributed by atoms with Crippen molar-refractivity contribution in [3.8, 4) is 0 Å². The van der Waals surface area contributed by atoms with Crippen LogP contribution in [0.3, 0.4) is 0 Å². The molecule has 1 fully saturated rings. The number of methoxy groups -OCH3 is 2. The van der Waals surface area contributed by atoms with Crippen LogP contribution in [0.5, 0.6) is 0 Å². The summed E-state index contributed by atoms with van der Waals surface area (Å²) in [6, 6.07) is 14.5. The molecule has 0 saturated carbocycles. The van der Waals surface area contributed by atoms with Gasteiger partial charge in [0.2, 0.25) is 11.8 Å². The third-order valence-corrected chi connectivity index (χ3v) is 9.78. The Hall–Kier alpha value is -4.68. The molecule has 1 saturated heterocycles. The average Bonchev–Trinajstić information content (AvgIpc) is 3.64. The minimum atomic E-state index is -0.687. The van der Waals surface area contributed by atoms with Crippen molar-refractivity contribution in [2.45, 2.75) is 38.0 Å². The number of carbonyl (C=O) groups excluding carboxylic acids is 4. The second-order valence-corrected chi connectivity index (χ2v) is 12.3. The molecular formula is C34H38N6O6. The fourth-order valence-corrected chi connectivity index (χ4v) is 7.30. The monoisotopic (exact) mass is 626 g/mol. The van der Waals surface area contributed by atoms with E-state index in [-0.39, 0.29) is 24.9 Å². The zero-order valence-corrected chi connectivity index (χ0v) is 26.1. The van der Waals surface area contributed by atoms with Crippen molar-refractivity contribution >= 4 is 45.6 Å². The molecule has 0 bridgehead atoms. The molecule has 2 aromatic heterocycles. The number of aromatic amines is 2. The lowest BCUT2D eigenvalue weighted by molar-refractivity contribution is -0.155. The Morgan fingerprint density at radius 3 is 1.43 bits per heavy atom. The number of carbonyl (C=O) groups is 4. The van der Waals surface area contributed by atoms with Gasteiger partial charge in [0.15, 0.2) is 0 Å². The van der Waals surface area contributed by atoms with Gasteiger partial charge in [0.1, 0.15) is 12.1 Å². The summed E-state index contributed by atoms with van der Waals surface area (Å²) >= 11 is 0. The van der Waals surface area contributed by atoms with Crippen molar-refractivity contribution in [1.29, 1.82) is 0 Å². The van der Waals surface area contributed by atoms with Crippen molar-refractivity contribution in [1.82, 2.24) is 29.6 Å². The smallest absolute Gasteiger partial charge is 0.328 e. The lowest BCUT2D eigenvalue weighted by Crippen LogP contribution is -2.56. The highest BCUT2D eigenvalue weighted by atomic mass is 16.5. The van der Waals surface area contributed by atoms with Gasteiger partial charge in [-0.25, -0.2) is 9.59 Å². The lowest BCUT2D eigenvalue weighted by atomic mass is 9.96. The number of hydrogen-bond donors (Lipinski definition) is 2. The van der Waals surface area contributed by atoms with E-state index in [2.05, 4.69) is 19.8 Å². The maximum atomic E-state index is 13.6. The van der Waals surface area contributed by atoms with Crippen LogP contribution >= 0.6 is 0 Å². The number of benzene rings is 2. The minimum Gasteiger partial charge on any atom is -0.467 e. The average molecular weight is 627 g/mol. The molecule has 4 aromatic rings. The zero-order valence-electron chi connectivity index (χ0n) is 26.1. The van der Waals surface area contributed by atoms with E-state index in [1.165, 1.54) is 14.2 Å². The number of piperazine rings is 1. The van der Waals surface area contributed by atoms with E-state index in [1.807, 2.05) is 48.5 Å². The number of nitrogens with one attached hydrogen (secondary N) is 2. The molecule has 2 unspecified atom stereocenters. The van der Waals surface area contributed by atoms with Gasteiger partial charge in [-0.2, -0.15) is 0 Å². The van der Waals surface area contributed by atoms with Gasteiger partial charge in [-0.05, 0) is 23.3 Å². The Bertz CT molecular complexity index is 1690. The highest BCUT2D eigenvalue weighted by Crippen LogP contribution is 2.32. The number of amides is 2. The van der Waals surface area contributed by atoms with Crippen LogP contribution in [0.1, 0.15) is 22.5 Å². The van der Waals surface area contributed by atoms with E-state index >= 15 is 0 Å². The Labute approximate surface area is 266 Å². The maximum Gasteiger partial charge on any atom is 0.328 e. The molecule has 7 rings (SSSR count). The van der Waals surface area contributed by atoms with Crippen LogP contribution in [-0.2, 0) is 54.6 Å². The van der Waals surface area contributed by atoms with Crippen molar-refractivity contribution < 1.29 is 28.7 Å². The molecular weight excluding hydrogens is 588 g/mol. The summed E-state index contributed by atoms with van der Waals surface area (Å²) in [7, 11) is 2.71. The Morgan fingerprint density at radius 1 is 0.652 bits per heavy atom. The van der Waals surface area contributed by atoms with E-state index in [4.69, 9.17) is 9.47 Å². The topological polar surface area (TPSA) is 131 Å². The molecule has 0 aliphatic carbocycles. The number of ether oxygens (including phenoxy) is 2. The largest absolute Gasteiger partial charge is 0.467 e. The molecule has 12 nitrogen and oxygen atoms in total. The second-order valence-electron chi connectivity index (χ2n) is 12.3. The molecule has 3 aliphatic rings. The Balaban J connectivity index is 0.981. The van der Waals surface area contributed by atoms with Crippen LogP contribution in [0.15, 0.2) is 48.5 Å². The normalized spacial score (nSPS) is 20.4. The van der Waals surface area contributed by atoms with Crippen molar-refractivity contribution in [2.24, 2.45) is 0 Å². The van der Waals surface area contributed by atoms with Gasteiger partial charge in [-0.1, -0.05) is 36.4 Å². The predicted molar refractivity (Wildman–Crippen MR) is 170 cm³/mol. The summed E-state index contributed by atoms with van der Waals surface area (Å²) in [5, 5.41) is 2.13. The maximum absolute atomic E-state index is 13.6. The Kier molecular flexibility index (Phi) is 7.99. The molecule has 0 spiro atoms. The fourth-order valence-electron chi connectivity index (χ4n) is 7.30. The number of H-pyrrole nitrogens is 2. The van der Waals surface area contributed by atoms with Crippen LogP contribution < -0.4 is 0 Å². The van der Waals surface area contributed by atoms with Gasteiger partial charge in [-0.3, -0.25) is 19.4 Å². The first-order valence-electron chi connectivity index (χ1n) is 15.7. The molecule has 2 N–H and O–H groups in total. The molecule has 46 heavy (non-hydrogen) atoms. The number of fused-ring (bicyclic) bond motifs is 6.